The molecule has 1 unspecified atom stereocenters. The number of benzene rings is 1. The SMILES string of the molecule is CN(CC(C)(C)C)C(=O)C1CCCCN1C(=O)c1ccccc1. The highest BCUT2D eigenvalue weighted by atomic mass is 16.2. The second-order valence-electron chi connectivity index (χ2n) is 7.63. The number of hydrogen-bond donors (Lipinski definition) is 0. The summed E-state index contributed by atoms with van der Waals surface area (Å²) in [7, 11) is 1.84. The van der Waals surface area contributed by atoms with Crippen molar-refractivity contribution in [1.29, 1.82) is 0 Å². The quantitative estimate of drug-likeness (QED) is 0.859. The Morgan fingerprint density at radius 3 is 2.43 bits per heavy atom. The van der Waals surface area contributed by atoms with E-state index in [1.807, 2.05) is 37.4 Å². The average molecular weight is 316 g/mol. The summed E-state index contributed by atoms with van der Waals surface area (Å²) in [6.07, 6.45) is 2.72. The van der Waals surface area contributed by atoms with Gasteiger partial charge in [-0.25, -0.2) is 0 Å². The molecule has 4 nitrogen and oxygen atoms in total. The molecule has 23 heavy (non-hydrogen) atoms. The van der Waals surface area contributed by atoms with Gasteiger partial charge in [-0.1, -0.05) is 39.0 Å². The molecule has 4 heteroatoms. The molecule has 0 saturated carbocycles. The van der Waals surface area contributed by atoms with Crippen molar-refractivity contribution in [3.8, 4) is 0 Å². The Morgan fingerprint density at radius 1 is 1.17 bits per heavy atom. The molecule has 0 aromatic heterocycles. The van der Waals surface area contributed by atoms with Crippen LogP contribution in [-0.4, -0.2) is 47.8 Å². The van der Waals surface area contributed by atoms with Gasteiger partial charge in [-0.15, -0.1) is 0 Å². The van der Waals surface area contributed by atoms with Gasteiger partial charge in [0.15, 0.2) is 0 Å². The molecule has 1 fully saturated rings. The maximum Gasteiger partial charge on any atom is 0.254 e. The molecule has 1 aliphatic heterocycles. The standard InChI is InChI=1S/C19H28N2O2/c1-19(2,3)14-20(4)18(23)16-12-8-9-13-21(16)17(22)15-10-6-5-7-11-15/h5-7,10-11,16H,8-9,12-14H2,1-4H3. The van der Waals surface area contributed by atoms with E-state index in [4.69, 9.17) is 0 Å². The topological polar surface area (TPSA) is 40.6 Å². The highest BCUT2D eigenvalue weighted by Crippen LogP contribution is 2.23. The van der Waals surface area contributed by atoms with Gasteiger partial charge in [0.2, 0.25) is 5.91 Å². The van der Waals surface area contributed by atoms with Crippen LogP contribution in [0.15, 0.2) is 30.3 Å². The number of likely N-dealkylation sites (tertiary alicyclic amines) is 1. The minimum atomic E-state index is -0.330. The second-order valence-corrected chi connectivity index (χ2v) is 7.63. The molecule has 0 bridgehead atoms. The van der Waals surface area contributed by atoms with E-state index in [9.17, 15) is 9.59 Å². The largest absolute Gasteiger partial charge is 0.343 e. The fraction of sp³-hybridized carbons (Fsp3) is 0.579. The number of rotatable bonds is 3. The fourth-order valence-electron chi connectivity index (χ4n) is 3.22. The second kappa shape index (κ2) is 7.16. The van der Waals surface area contributed by atoms with Gasteiger partial charge in [-0.05, 0) is 36.8 Å². The lowest BCUT2D eigenvalue weighted by Gasteiger charge is -2.38. The zero-order chi connectivity index (χ0) is 17.0. The minimum Gasteiger partial charge on any atom is -0.343 e. The molecule has 0 spiro atoms. The molecule has 126 valence electrons. The van der Waals surface area contributed by atoms with Crippen LogP contribution < -0.4 is 0 Å². The first-order valence-corrected chi connectivity index (χ1v) is 8.40. The van der Waals surface area contributed by atoms with E-state index >= 15 is 0 Å². The van der Waals surface area contributed by atoms with Gasteiger partial charge in [-0.2, -0.15) is 0 Å². The molecule has 1 aromatic rings. The Bertz CT molecular complexity index is 548. The van der Waals surface area contributed by atoms with Gasteiger partial charge in [-0.3, -0.25) is 9.59 Å². The van der Waals surface area contributed by atoms with Crippen LogP contribution in [0.4, 0.5) is 0 Å². The molecule has 1 atom stereocenters. The first kappa shape index (κ1) is 17.5. The highest BCUT2D eigenvalue weighted by Gasteiger charge is 2.34. The zero-order valence-electron chi connectivity index (χ0n) is 14.7. The van der Waals surface area contributed by atoms with E-state index in [0.29, 0.717) is 18.7 Å². The van der Waals surface area contributed by atoms with Gasteiger partial charge in [0.25, 0.3) is 5.91 Å². The lowest BCUT2D eigenvalue weighted by atomic mass is 9.94. The zero-order valence-corrected chi connectivity index (χ0v) is 14.7. The maximum atomic E-state index is 12.9. The Labute approximate surface area is 139 Å². The first-order valence-electron chi connectivity index (χ1n) is 8.40. The molecule has 1 saturated heterocycles. The van der Waals surface area contributed by atoms with Crippen molar-refractivity contribution < 1.29 is 9.59 Å². The molecule has 2 rings (SSSR count). The van der Waals surface area contributed by atoms with Crippen molar-refractivity contribution in [2.75, 3.05) is 20.1 Å². The summed E-state index contributed by atoms with van der Waals surface area (Å²) in [5.74, 6) is 0.0247. The van der Waals surface area contributed by atoms with Crippen molar-refractivity contribution in [3.05, 3.63) is 35.9 Å². The monoisotopic (exact) mass is 316 g/mol. The molecule has 0 N–H and O–H groups in total. The summed E-state index contributed by atoms with van der Waals surface area (Å²) in [4.78, 5) is 29.2. The van der Waals surface area contributed by atoms with E-state index in [2.05, 4.69) is 20.8 Å². The van der Waals surface area contributed by atoms with Crippen LogP contribution >= 0.6 is 0 Å². The van der Waals surface area contributed by atoms with Gasteiger partial charge in [0, 0.05) is 25.7 Å². The van der Waals surface area contributed by atoms with Gasteiger partial charge < -0.3 is 9.80 Å². The van der Waals surface area contributed by atoms with E-state index in [1.165, 1.54) is 0 Å². The molecule has 1 aliphatic rings. The number of amides is 2. The molecular weight excluding hydrogens is 288 g/mol. The first-order chi connectivity index (χ1) is 10.8. The Morgan fingerprint density at radius 2 is 1.83 bits per heavy atom. The fourth-order valence-corrected chi connectivity index (χ4v) is 3.22. The van der Waals surface area contributed by atoms with Crippen LogP contribution in [0.5, 0.6) is 0 Å². The van der Waals surface area contributed by atoms with Crippen LogP contribution in [0, 0.1) is 5.41 Å². The van der Waals surface area contributed by atoms with Crippen molar-refractivity contribution in [1.82, 2.24) is 9.80 Å². The van der Waals surface area contributed by atoms with Crippen LogP contribution in [0.25, 0.3) is 0 Å². The van der Waals surface area contributed by atoms with Crippen LogP contribution in [0.3, 0.4) is 0 Å². The minimum absolute atomic E-state index is 0.0344. The lowest BCUT2D eigenvalue weighted by molar-refractivity contribution is -0.137. The maximum absolute atomic E-state index is 12.9. The summed E-state index contributed by atoms with van der Waals surface area (Å²) < 4.78 is 0. The predicted octanol–water partition coefficient (Wildman–Crippen LogP) is 3.19. The van der Waals surface area contributed by atoms with Crippen LogP contribution in [0.2, 0.25) is 0 Å². The molecule has 1 heterocycles. The summed E-state index contributed by atoms with van der Waals surface area (Å²) in [5.41, 5.74) is 0.707. The molecule has 1 aromatic carbocycles. The number of likely N-dealkylation sites (N-methyl/N-ethyl adjacent to an activating group) is 1. The van der Waals surface area contributed by atoms with Crippen molar-refractivity contribution in [2.45, 2.75) is 46.1 Å². The smallest absolute Gasteiger partial charge is 0.254 e. The van der Waals surface area contributed by atoms with Crippen molar-refractivity contribution in [2.24, 2.45) is 5.41 Å². The molecular formula is C19H28N2O2. The average Bonchev–Trinajstić information content (AvgIpc) is 2.52. The Hall–Kier alpha value is -1.84. The molecule has 2 amide bonds. The lowest BCUT2D eigenvalue weighted by Crippen LogP contribution is -2.53. The third-order valence-electron chi connectivity index (χ3n) is 4.16. The van der Waals surface area contributed by atoms with Crippen molar-refractivity contribution >= 4 is 11.8 Å². The van der Waals surface area contributed by atoms with Crippen molar-refractivity contribution in [3.63, 3.8) is 0 Å². The number of hydrogen-bond acceptors (Lipinski definition) is 2. The summed E-state index contributed by atoms with van der Waals surface area (Å²) in [5, 5.41) is 0. The Balaban J connectivity index is 2.15. The third-order valence-corrected chi connectivity index (χ3v) is 4.16. The Kier molecular flexibility index (Phi) is 5.45. The molecule has 0 aliphatic carbocycles. The number of carbonyl (C=O) groups excluding carboxylic acids is 2. The van der Waals surface area contributed by atoms with Gasteiger partial charge in [0.05, 0.1) is 0 Å². The van der Waals surface area contributed by atoms with E-state index in [0.717, 1.165) is 19.3 Å². The summed E-state index contributed by atoms with van der Waals surface area (Å²) in [6, 6.07) is 8.92. The predicted molar refractivity (Wildman–Crippen MR) is 92.2 cm³/mol. The van der Waals surface area contributed by atoms with E-state index in [1.54, 1.807) is 9.80 Å². The molecule has 0 radical (unpaired) electrons. The van der Waals surface area contributed by atoms with E-state index < -0.39 is 0 Å². The highest BCUT2D eigenvalue weighted by molar-refractivity contribution is 5.97. The van der Waals surface area contributed by atoms with Gasteiger partial charge >= 0.3 is 0 Å². The van der Waals surface area contributed by atoms with Crippen LogP contribution in [0.1, 0.15) is 50.4 Å². The number of piperidine rings is 1. The normalized spacial score (nSPS) is 18.6. The van der Waals surface area contributed by atoms with E-state index in [-0.39, 0.29) is 23.3 Å². The third kappa shape index (κ3) is 4.57. The summed E-state index contributed by atoms with van der Waals surface area (Å²) >= 11 is 0. The summed E-state index contributed by atoms with van der Waals surface area (Å²) in [6.45, 7) is 7.70. The van der Waals surface area contributed by atoms with Crippen LogP contribution in [-0.2, 0) is 4.79 Å². The van der Waals surface area contributed by atoms with Gasteiger partial charge in [0.1, 0.15) is 6.04 Å². The number of nitrogens with zero attached hydrogens (tertiary/aromatic N) is 2. The number of carbonyl (C=O) groups is 2.